The van der Waals surface area contributed by atoms with Crippen molar-refractivity contribution in [1.82, 2.24) is 9.80 Å². The minimum Gasteiger partial charge on any atom is -0.394 e. The summed E-state index contributed by atoms with van der Waals surface area (Å²) in [5, 5.41) is 18.1. The van der Waals surface area contributed by atoms with Gasteiger partial charge in [-0.25, -0.2) is 0 Å². The van der Waals surface area contributed by atoms with Crippen LogP contribution in [-0.4, -0.2) is 72.0 Å². The Bertz CT molecular complexity index is 159. The predicted octanol–water partition coefficient (Wildman–Crippen LogP) is -0.243. The highest BCUT2D eigenvalue weighted by atomic mass is 16.3. The fraction of sp³-hybridized carbons (Fsp3) is 1.00. The molecule has 0 aromatic carbocycles. The van der Waals surface area contributed by atoms with Crippen molar-refractivity contribution < 1.29 is 10.2 Å². The fourth-order valence-electron chi connectivity index (χ4n) is 1.93. The van der Waals surface area contributed by atoms with E-state index in [0.29, 0.717) is 6.54 Å². The summed E-state index contributed by atoms with van der Waals surface area (Å²) in [5.74, 6) is 0. The van der Waals surface area contributed by atoms with Gasteiger partial charge in [-0.3, -0.25) is 4.90 Å². The van der Waals surface area contributed by atoms with E-state index in [2.05, 4.69) is 16.7 Å². The van der Waals surface area contributed by atoms with Gasteiger partial charge < -0.3 is 15.1 Å². The summed E-state index contributed by atoms with van der Waals surface area (Å²) < 4.78 is 0. The van der Waals surface area contributed by atoms with Gasteiger partial charge in [0.1, 0.15) is 0 Å². The predicted molar refractivity (Wildman–Crippen MR) is 60.9 cm³/mol. The zero-order chi connectivity index (χ0) is 11.1. The van der Waals surface area contributed by atoms with Crippen LogP contribution in [-0.2, 0) is 0 Å². The molecule has 15 heavy (non-hydrogen) atoms. The van der Waals surface area contributed by atoms with E-state index < -0.39 is 6.10 Å². The number of rotatable bonds is 6. The summed E-state index contributed by atoms with van der Waals surface area (Å²) in [5.41, 5.74) is 0. The number of nitrogens with zero attached hydrogens (tertiary/aromatic N) is 2. The molecule has 1 aliphatic rings. The lowest BCUT2D eigenvalue weighted by atomic mass is 10.2. The van der Waals surface area contributed by atoms with E-state index in [4.69, 9.17) is 5.11 Å². The Morgan fingerprint density at radius 1 is 1.13 bits per heavy atom. The Hall–Kier alpha value is -0.160. The first-order chi connectivity index (χ1) is 7.26. The van der Waals surface area contributed by atoms with Gasteiger partial charge in [0.15, 0.2) is 0 Å². The zero-order valence-electron chi connectivity index (χ0n) is 9.73. The Kier molecular flexibility index (Phi) is 6.17. The van der Waals surface area contributed by atoms with E-state index in [1.807, 2.05) is 0 Å². The lowest BCUT2D eigenvalue weighted by Gasteiger charge is -2.35. The molecule has 0 saturated carbocycles. The molecule has 0 spiro atoms. The monoisotopic (exact) mass is 216 g/mol. The minimum atomic E-state index is -0.577. The van der Waals surface area contributed by atoms with Crippen LogP contribution in [0.1, 0.15) is 19.8 Å². The van der Waals surface area contributed by atoms with Gasteiger partial charge in [-0.15, -0.1) is 0 Å². The first-order valence-electron chi connectivity index (χ1n) is 6.00. The highest BCUT2D eigenvalue weighted by molar-refractivity contribution is 4.73. The molecule has 0 aromatic heterocycles. The molecular weight excluding hydrogens is 192 g/mol. The van der Waals surface area contributed by atoms with Crippen LogP contribution in [0.15, 0.2) is 0 Å². The average molecular weight is 216 g/mol. The quantitative estimate of drug-likeness (QED) is 0.643. The molecule has 0 aliphatic carbocycles. The van der Waals surface area contributed by atoms with Crippen molar-refractivity contribution in [1.29, 1.82) is 0 Å². The summed E-state index contributed by atoms with van der Waals surface area (Å²) in [6, 6.07) is 0. The van der Waals surface area contributed by atoms with Gasteiger partial charge >= 0.3 is 0 Å². The van der Waals surface area contributed by atoms with Gasteiger partial charge in [0.2, 0.25) is 0 Å². The molecule has 1 heterocycles. The van der Waals surface area contributed by atoms with Gasteiger partial charge in [-0.1, -0.05) is 13.3 Å². The number of β-amino-alcohol motifs (C(OH)–C–C–N with tert-alkyl or cyclic N) is 1. The minimum absolute atomic E-state index is 0.129. The normalized spacial score (nSPS) is 21.8. The molecule has 0 amide bonds. The van der Waals surface area contributed by atoms with Crippen LogP contribution in [0, 0.1) is 0 Å². The Labute approximate surface area is 92.5 Å². The van der Waals surface area contributed by atoms with Crippen LogP contribution in [0.2, 0.25) is 0 Å². The molecule has 90 valence electrons. The Balaban J connectivity index is 2.12. The molecule has 1 atom stereocenters. The number of unbranched alkanes of at least 4 members (excludes halogenated alkanes) is 1. The van der Waals surface area contributed by atoms with Crippen molar-refractivity contribution in [3.8, 4) is 0 Å². The first kappa shape index (κ1) is 12.9. The highest BCUT2D eigenvalue weighted by Gasteiger charge is 2.17. The van der Waals surface area contributed by atoms with E-state index >= 15 is 0 Å². The molecule has 0 bridgehead atoms. The van der Waals surface area contributed by atoms with Crippen LogP contribution in [0.5, 0.6) is 0 Å². The highest BCUT2D eigenvalue weighted by Crippen LogP contribution is 2.04. The lowest BCUT2D eigenvalue weighted by Crippen LogP contribution is -2.49. The SMILES string of the molecule is CCCCN1CCN(CC(O)CO)CC1. The van der Waals surface area contributed by atoms with Gasteiger partial charge in [-0.2, -0.15) is 0 Å². The zero-order valence-corrected chi connectivity index (χ0v) is 9.73. The van der Waals surface area contributed by atoms with Crippen LogP contribution in [0.25, 0.3) is 0 Å². The third-order valence-electron chi connectivity index (χ3n) is 2.97. The third kappa shape index (κ3) is 4.93. The second-order valence-electron chi connectivity index (χ2n) is 4.33. The van der Waals surface area contributed by atoms with E-state index in [-0.39, 0.29) is 6.61 Å². The first-order valence-corrected chi connectivity index (χ1v) is 6.00. The Morgan fingerprint density at radius 2 is 1.73 bits per heavy atom. The van der Waals surface area contributed by atoms with Crippen molar-refractivity contribution in [2.75, 3.05) is 45.9 Å². The second-order valence-corrected chi connectivity index (χ2v) is 4.33. The van der Waals surface area contributed by atoms with Crippen LogP contribution >= 0.6 is 0 Å². The summed E-state index contributed by atoms with van der Waals surface area (Å²) in [4.78, 5) is 4.70. The second kappa shape index (κ2) is 7.17. The van der Waals surface area contributed by atoms with E-state index in [1.54, 1.807) is 0 Å². The summed E-state index contributed by atoms with van der Waals surface area (Å²) in [6.07, 6.45) is 1.95. The topological polar surface area (TPSA) is 46.9 Å². The summed E-state index contributed by atoms with van der Waals surface area (Å²) in [6.45, 7) is 8.12. The molecule has 1 aliphatic heterocycles. The maximum absolute atomic E-state index is 9.31. The Morgan fingerprint density at radius 3 is 2.27 bits per heavy atom. The molecule has 1 saturated heterocycles. The molecule has 1 fully saturated rings. The van der Waals surface area contributed by atoms with Crippen LogP contribution in [0.4, 0.5) is 0 Å². The van der Waals surface area contributed by atoms with Crippen molar-refractivity contribution in [3.05, 3.63) is 0 Å². The molecule has 0 radical (unpaired) electrons. The van der Waals surface area contributed by atoms with Crippen molar-refractivity contribution in [2.45, 2.75) is 25.9 Å². The number of aliphatic hydroxyl groups excluding tert-OH is 2. The van der Waals surface area contributed by atoms with Crippen LogP contribution < -0.4 is 0 Å². The maximum atomic E-state index is 9.31. The smallest absolute Gasteiger partial charge is 0.0897 e. The summed E-state index contributed by atoms with van der Waals surface area (Å²) >= 11 is 0. The molecule has 4 nitrogen and oxygen atoms in total. The lowest BCUT2D eigenvalue weighted by molar-refractivity contribution is 0.0394. The van der Waals surface area contributed by atoms with E-state index in [1.165, 1.54) is 19.4 Å². The molecule has 0 aromatic rings. The van der Waals surface area contributed by atoms with E-state index in [0.717, 1.165) is 26.2 Å². The van der Waals surface area contributed by atoms with Crippen molar-refractivity contribution in [3.63, 3.8) is 0 Å². The van der Waals surface area contributed by atoms with Gasteiger partial charge in [0.25, 0.3) is 0 Å². The maximum Gasteiger partial charge on any atom is 0.0897 e. The summed E-state index contributed by atoms with van der Waals surface area (Å²) in [7, 11) is 0. The standard InChI is InChI=1S/C11H24N2O2/c1-2-3-4-12-5-7-13(8-6-12)9-11(15)10-14/h11,14-15H,2-10H2,1H3. The molecule has 1 unspecified atom stereocenters. The fourth-order valence-corrected chi connectivity index (χ4v) is 1.93. The van der Waals surface area contributed by atoms with Gasteiger partial charge in [0.05, 0.1) is 12.7 Å². The molecule has 1 rings (SSSR count). The largest absolute Gasteiger partial charge is 0.394 e. The van der Waals surface area contributed by atoms with Crippen molar-refractivity contribution >= 4 is 0 Å². The molecule has 4 heteroatoms. The number of hydrogen-bond acceptors (Lipinski definition) is 4. The van der Waals surface area contributed by atoms with Crippen molar-refractivity contribution in [2.24, 2.45) is 0 Å². The molecule has 2 N–H and O–H groups in total. The van der Waals surface area contributed by atoms with E-state index in [9.17, 15) is 5.11 Å². The molecular formula is C11H24N2O2. The number of aliphatic hydroxyl groups is 2. The average Bonchev–Trinajstić information content (AvgIpc) is 2.28. The van der Waals surface area contributed by atoms with Gasteiger partial charge in [0, 0.05) is 32.7 Å². The van der Waals surface area contributed by atoms with Gasteiger partial charge in [-0.05, 0) is 13.0 Å². The number of piperazine rings is 1. The number of hydrogen-bond donors (Lipinski definition) is 2. The van der Waals surface area contributed by atoms with Crippen LogP contribution in [0.3, 0.4) is 0 Å². The third-order valence-corrected chi connectivity index (χ3v) is 2.97.